The third-order valence-electron chi connectivity index (χ3n) is 4.04. The van der Waals surface area contributed by atoms with Gasteiger partial charge in [-0.1, -0.05) is 12.1 Å². The second-order valence-corrected chi connectivity index (χ2v) is 5.88. The molecule has 1 amide bonds. The summed E-state index contributed by atoms with van der Waals surface area (Å²) >= 11 is 0. The van der Waals surface area contributed by atoms with E-state index in [0.29, 0.717) is 18.2 Å². The highest BCUT2D eigenvalue weighted by atomic mass is 16.5. The zero-order chi connectivity index (χ0) is 16.2. The van der Waals surface area contributed by atoms with Crippen LogP contribution in [0, 0.1) is 0 Å². The number of amides is 1. The molecule has 0 radical (unpaired) electrons. The van der Waals surface area contributed by atoms with Crippen molar-refractivity contribution < 1.29 is 9.53 Å². The minimum absolute atomic E-state index is 0.0549. The van der Waals surface area contributed by atoms with Crippen LogP contribution < -0.4 is 10.1 Å². The van der Waals surface area contributed by atoms with Crippen molar-refractivity contribution in [3.63, 3.8) is 0 Å². The summed E-state index contributed by atoms with van der Waals surface area (Å²) in [6, 6.07) is 8.18. The van der Waals surface area contributed by atoms with E-state index >= 15 is 0 Å². The SMILES string of the molecule is COc1ccc(Cn2cc(C(=O)N3CCN[C@@H](C)C3)cn2)cc1. The number of rotatable bonds is 4. The van der Waals surface area contributed by atoms with Crippen LogP contribution in [0.4, 0.5) is 0 Å². The van der Waals surface area contributed by atoms with Crippen LogP contribution >= 0.6 is 0 Å². The molecule has 1 aromatic carbocycles. The zero-order valence-electron chi connectivity index (χ0n) is 13.5. The van der Waals surface area contributed by atoms with Gasteiger partial charge in [-0.05, 0) is 24.6 Å². The topological polar surface area (TPSA) is 59.4 Å². The van der Waals surface area contributed by atoms with Crippen molar-refractivity contribution in [1.82, 2.24) is 20.0 Å². The summed E-state index contributed by atoms with van der Waals surface area (Å²) in [4.78, 5) is 14.4. The number of methoxy groups -OCH3 is 1. The van der Waals surface area contributed by atoms with Gasteiger partial charge in [-0.25, -0.2) is 0 Å². The smallest absolute Gasteiger partial charge is 0.257 e. The van der Waals surface area contributed by atoms with Crippen molar-refractivity contribution in [2.24, 2.45) is 0 Å². The lowest BCUT2D eigenvalue weighted by atomic mass is 10.2. The van der Waals surface area contributed by atoms with Crippen LogP contribution in [-0.4, -0.2) is 53.4 Å². The normalized spacial score (nSPS) is 18.0. The molecule has 0 spiro atoms. The fourth-order valence-corrected chi connectivity index (χ4v) is 2.78. The van der Waals surface area contributed by atoms with Crippen LogP contribution in [-0.2, 0) is 6.54 Å². The second kappa shape index (κ2) is 6.83. The molecule has 0 saturated carbocycles. The van der Waals surface area contributed by atoms with Gasteiger partial charge >= 0.3 is 0 Å². The minimum Gasteiger partial charge on any atom is -0.497 e. The number of hydrogen-bond acceptors (Lipinski definition) is 4. The average Bonchev–Trinajstić information content (AvgIpc) is 3.03. The Morgan fingerprint density at radius 1 is 1.39 bits per heavy atom. The summed E-state index contributed by atoms with van der Waals surface area (Å²) in [5.41, 5.74) is 1.76. The number of nitrogens with one attached hydrogen (secondary N) is 1. The molecule has 2 heterocycles. The summed E-state index contributed by atoms with van der Waals surface area (Å²) in [6.07, 6.45) is 3.47. The molecule has 23 heavy (non-hydrogen) atoms. The highest BCUT2D eigenvalue weighted by Gasteiger charge is 2.22. The molecule has 6 nitrogen and oxygen atoms in total. The molecule has 3 rings (SSSR count). The van der Waals surface area contributed by atoms with Crippen LogP contribution in [0.2, 0.25) is 0 Å². The van der Waals surface area contributed by atoms with Crippen LogP contribution in [0.25, 0.3) is 0 Å². The summed E-state index contributed by atoms with van der Waals surface area (Å²) in [6.45, 7) is 5.05. The van der Waals surface area contributed by atoms with E-state index in [-0.39, 0.29) is 5.91 Å². The first-order chi connectivity index (χ1) is 11.2. The lowest BCUT2D eigenvalue weighted by Gasteiger charge is -2.31. The maximum atomic E-state index is 12.5. The van der Waals surface area contributed by atoms with Gasteiger partial charge in [0.25, 0.3) is 5.91 Å². The van der Waals surface area contributed by atoms with Crippen LogP contribution in [0.1, 0.15) is 22.8 Å². The molecule has 1 aliphatic heterocycles. The van der Waals surface area contributed by atoms with Gasteiger partial charge in [-0.15, -0.1) is 0 Å². The fraction of sp³-hybridized carbons (Fsp3) is 0.412. The maximum Gasteiger partial charge on any atom is 0.257 e. The van der Waals surface area contributed by atoms with Crippen molar-refractivity contribution in [1.29, 1.82) is 0 Å². The zero-order valence-corrected chi connectivity index (χ0v) is 13.5. The molecular formula is C17H22N4O2. The van der Waals surface area contributed by atoms with Gasteiger partial charge in [0.1, 0.15) is 5.75 Å². The van der Waals surface area contributed by atoms with E-state index in [1.165, 1.54) is 0 Å². The van der Waals surface area contributed by atoms with Crippen LogP contribution in [0.5, 0.6) is 5.75 Å². The highest BCUT2D eigenvalue weighted by molar-refractivity contribution is 5.93. The summed E-state index contributed by atoms with van der Waals surface area (Å²) in [5.74, 6) is 0.886. The Kier molecular flexibility index (Phi) is 4.62. The highest BCUT2D eigenvalue weighted by Crippen LogP contribution is 2.13. The quantitative estimate of drug-likeness (QED) is 0.926. The largest absolute Gasteiger partial charge is 0.497 e. The first-order valence-electron chi connectivity index (χ1n) is 7.84. The van der Waals surface area contributed by atoms with Gasteiger partial charge in [0.15, 0.2) is 0 Å². The molecule has 1 fully saturated rings. The van der Waals surface area contributed by atoms with E-state index in [1.54, 1.807) is 18.0 Å². The van der Waals surface area contributed by atoms with Gasteiger partial charge in [-0.3, -0.25) is 9.48 Å². The number of carbonyl (C=O) groups excluding carboxylic acids is 1. The van der Waals surface area contributed by atoms with Gasteiger partial charge in [0.05, 0.1) is 25.4 Å². The second-order valence-electron chi connectivity index (χ2n) is 5.88. The van der Waals surface area contributed by atoms with E-state index in [1.807, 2.05) is 35.4 Å². The summed E-state index contributed by atoms with van der Waals surface area (Å²) in [5, 5.41) is 7.65. The predicted molar refractivity (Wildman–Crippen MR) is 87.7 cm³/mol. The molecule has 2 aromatic rings. The van der Waals surface area contributed by atoms with Crippen molar-refractivity contribution in [3.05, 3.63) is 47.8 Å². The summed E-state index contributed by atoms with van der Waals surface area (Å²) in [7, 11) is 1.65. The number of nitrogens with zero attached hydrogens (tertiary/aromatic N) is 3. The molecule has 1 saturated heterocycles. The first kappa shape index (κ1) is 15.6. The van der Waals surface area contributed by atoms with Gasteiger partial charge in [0, 0.05) is 31.9 Å². The van der Waals surface area contributed by atoms with Crippen molar-refractivity contribution in [2.45, 2.75) is 19.5 Å². The Hall–Kier alpha value is -2.34. The van der Waals surface area contributed by atoms with Crippen molar-refractivity contribution >= 4 is 5.91 Å². The lowest BCUT2D eigenvalue weighted by molar-refractivity contribution is 0.0709. The Labute approximate surface area is 136 Å². The number of aromatic nitrogens is 2. The third kappa shape index (κ3) is 3.71. The molecule has 1 N–H and O–H groups in total. The maximum absolute atomic E-state index is 12.5. The summed E-state index contributed by atoms with van der Waals surface area (Å²) < 4.78 is 6.95. The van der Waals surface area contributed by atoms with E-state index in [2.05, 4.69) is 17.3 Å². The Balaban J connectivity index is 1.66. The number of hydrogen-bond donors (Lipinski definition) is 1. The molecule has 0 unspecified atom stereocenters. The molecule has 6 heteroatoms. The Morgan fingerprint density at radius 3 is 2.87 bits per heavy atom. The van der Waals surface area contributed by atoms with E-state index in [9.17, 15) is 4.79 Å². The molecule has 1 aromatic heterocycles. The third-order valence-corrected chi connectivity index (χ3v) is 4.04. The minimum atomic E-state index is 0.0549. The standard InChI is InChI=1S/C17H22N4O2/c1-13-10-20(8-7-18-13)17(22)15-9-19-21(12-15)11-14-3-5-16(23-2)6-4-14/h3-6,9,12-13,18H,7-8,10-11H2,1-2H3/t13-/m0/s1. The number of carbonyl (C=O) groups is 1. The van der Waals surface area contributed by atoms with Gasteiger partial charge in [-0.2, -0.15) is 5.10 Å². The fourth-order valence-electron chi connectivity index (χ4n) is 2.78. The lowest BCUT2D eigenvalue weighted by Crippen LogP contribution is -2.51. The molecular weight excluding hydrogens is 292 g/mol. The number of benzene rings is 1. The van der Waals surface area contributed by atoms with Gasteiger partial charge in [0.2, 0.25) is 0 Å². The molecule has 0 bridgehead atoms. The Bertz CT molecular complexity index is 665. The molecule has 1 atom stereocenters. The van der Waals surface area contributed by atoms with E-state index in [4.69, 9.17) is 4.74 Å². The number of piperazine rings is 1. The molecule has 1 aliphatic rings. The molecule has 122 valence electrons. The van der Waals surface area contributed by atoms with E-state index < -0.39 is 0 Å². The predicted octanol–water partition coefficient (Wildman–Crippen LogP) is 1.37. The number of ether oxygens (including phenoxy) is 1. The first-order valence-corrected chi connectivity index (χ1v) is 7.84. The monoisotopic (exact) mass is 314 g/mol. The van der Waals surface area contributed by atoms with Crippen LogP contribution in [0.15, 0.2) is 36.7 Å². The average molecular weight is 314 g/mol. The van der Waals surface area contributed by atoms with E-state index in [0.717, 1.165) is 30.9 Å². The van der Waals surface area contributed by atoms with Crippen LogP contribution in [0.3, 0.4) is 0 Å². The van der Waals surface area contributed by atoms with Crippen molar-refractivity contribution in [3.8, 4) is 5.75 Å². The molecule has 0 aliphatic carbocycles. The van der Waals surface area contributed by atoms with Gasteiger partial charge < -0.3 is 15.0 Å². The van der Waals surface area contributed by atoms with Crippen molar-refractivity contribution in [2.75, 3.05) is 26.7 Å². The Morgan fingerprint density at radius 2 is 2.17 bits per heavy atom.